The molecule has 23 heavy (non-hydrogen) atoms. The van der Waals surface area contributed by atoms with Crippen molar-refractivity contribution in [2.75, 3.05) is 11.9 Å². The molecule has 4 rings (SSSR count). The molecule has 3 aliphatic rings. The van der Waals surface area contributed by atoms with Gasteiger partial charge in [0.25, 0.3) is 0 Å². The highest BCUT2D eigenvalue weighted by Crippen LogP contribution is 2.57. The minimum atomic E-state index is -0.301. The predicted molar refractivity (Wildman–Crippen MR) is 87.4 cm³/mol. The Hall–Kier alpha value is -1.56. The minimum Gasteiger partial charge on any atom is -0.373 e. The van der Waals surface area contributed by atoms with E-state index in [2.05, 4.69) is 36.5 Å². The molecule has 2 heterocycles. The molecule has 1 aromatic heterocycles. The number of rotatable bonds is 4. The van der Waals surface area contributed by atoms with Crippen molar-refractivity contribution in [1.82, 2.24) is 15.1 Å². The first kappa shape index (κ1) is 15.0. The van der Waals surface area contributed by atoms with Gasteiger partial charge in [0.2, 0.25) is 0 Å². The fourth-order valence-corrected chi connectivity index (χ4v) is 4.10. The highest BCUT2D eigenvalue weighted by Gasteiger charge is 2.69. The molecule has 2 saturated carbocycles. The van der Waals surface area contributed by atoms with Crippen molar-refractivity contribution in [3.8, 4) is 0 Å². The van der Waals surface area contributed by atoms with Crippen LogP contribution in [0.5, 0.6) is 0 Å². The van der Waals surface area contributed by atoms with Gasteiger partial charge in [-0.1, -0.05) is 0 Å². The van der Waals surface area contributed by atoms with E-state index in [4.69, 9.17) is 4.74 Å². The summed E-state index contributed by atoms with van der Waals surface area (Å²) in [5.74, 6) is 1.80. The Balaban J connectivity index is 1.42. The summed E-state index contributed by atoms with van der Waals surface area (Å²) in [4.78, 5) is 12.4. The summed E-state index contributed by atoms with van der Waals surface area (Å²) < 4.78 is 7.82. The Morgan fingerprint density at radius 3 is 2.78 bits per heavy atom. The van der Waals surface area contributed by atoms with Gasteiger partial charge in [0.05, 0.1) is 23.8 Å². The van der Waals surface area contributed by atoms with E-state index in [0.29, 0.717) is 17.8 Å². The first-order valence-corrected chi connectivity index (χ1v) is 8.62. The summed E-state index contributed by atoms with van der Waals surface area (Å²) in [5.41, 5.74) is 0.576. The van der Waals surface area contributed by atoms with E-state index in [1.54, 1.807) is 0 Å². The van der Waals surface area contributed by atoms with E-state index in [0.717, 1.165) is 24.6 Å². The molecular formula is C17H26N4O2. The van der Waals surface area contributed by atoms with E-state index < -0.39 is 0 Å². The number of fused-ring (bicyclic) bond motifs is 1. The van der Waals surface area contributed by atoms with Crippen LogP contribution in [0.4, 0.5) is 10.6 Å². The number of nitrogens with zero attached hydrogens (tertiary/aromatic N) is 2. The van der Waals surface area contributed by atoms with Gasteiger partial charge >= 0.3 is 6.03 Å². The molecule has 6 heteroatoms. The monoisotopic (exact) mass is 318 g/mol. The van der Waals surface area contributed by atoms with Crippen LogP contribution in [-0.4, -0.2) is 33.6 Å². The second-order valence-electron chi connectivity index (χ2n) is 7.97. The molecule has 6 nitrogen and oxygen atoms in total. The number of aryl methyl sites for hydroxylation is 1. The van der Waals surface area contributed by atoms with Gasteiger partial charge in [0, 0.05) is 17.7 Å². The molecule has 2 amide bonds. The maximum absolute atomic E-state index is 12.4. The third kappa shape index (κ3) is 2.35. The van der Waals surface area contributed by atoms with Crippen LogP contribution in [0.1, 0.15) is 51.8 Å². The Labute approximate surface area is 137 Å². The zero-order valence-corrected chi connectivity index (χ0v) is 14.3. The third-order valence-corrected chi connectivity index (χ3v) is 6.02. The van der Waals surface area contributed by atoms with Gasteiger partial charge in [-0.05, 0) is 52.9 Å². The summed E-state index contributed by atoms with van der Waals surface area (Å²) in [5, 5.41) is 10.6. The van der Waals surface area contributed by atoms with Crippen molar-refractivity contribution in [2.45, 2.75) is 64.1 Å². The largest absolute Gasteiger partial charge is 0.373 e. The highest BCUT2D eigenvalue weighted by atomic mass is 16.5. The molecule has 2 aliphatic carbocycles. The van der Waals surface area contributed by atoms with Crippen LogP contribution in [0.2, 0.25) is 0 Å². The van der Waals surface area contributed by atoms with Crippen molar-refractivity contribution in [2.24, 2.45) is 11.8 Å². The number of carbonyl (C=O) groups excluding carboxylic acids is 1. The number of hydrogen-bond acceptors (Lipinski definition) is 3. The van der Waals surface area contributed by atoms with E-state index in [1.165, 1.54) is 12.8 Å². The number of carbonyl (C=O) groups is 1. The maximum Gasteiger partial charge on any atom is 0.320 e. The Morgan fingerprint density at radius 2 is 2.22 bits per heavy atom. The maximum atomic E-state index is 12.4. The Morgan fingerprint density at radius 1 is 1.48 bits per heavy atom. The number of nitrogens with one attached hydrogen (secondary N) is 2. The SMILES string of the molecule is Cc1cc(NC(=O)NC23CC2COC3(C)C)nn1C(C)C1CC1. The summed E-state index contributed by atoms with van der Waals surface area (Å²) >= 11 is 0. The minimum absolute atomic E-state index is 0.185. The fourth-order valence-electron chi connectivity index (χ4n) is 4.10. The standard InChI is InChI=1S/C17H26N4O2/c1-10-7-14(20-21(10)11(2)12-5-6-12)18-15(22)19-17-8-13(17)9-23-16(17,3)4/h7,11-13H,5-6,8-9H2,1-4H3,(H2,18,19,20,22). The zero-order chi connectivity index (χ0) is 16.4. The van der Waals surface area contributed by atoms with Crippen molar-refractivity contribution >= 4 is 11.8 Å². The van der Waals surface area contributed by atoms with Crippen molar-refractivity contribution in [3.05, 3.63) is 11.8 Å². The van der Waals surface area contributed by atoms with Crippen LogP contribution in [0.15, 0.2) is 6.07 Å². The van der Waals surface area contributed by atoms with Crippen LogP contribution in [0.25, 0.3) is 0 Å². The molecule has 0 spiro atoms. The molecule has 2 N–H and O–H groups in total. The number of amides is 2. The molecule has 3 unspecified atom stereocenters. The lowest BCUT2D eigenvalue weighted by Crippen LogP contribution is -2.52. The van der Waals surface area contributed by atoms with Gasteiger partial charge < -0.3 is 10.1 Å². The van der Waals surface area contributed by atoms with Gasteiger partial charge in [-0.3, -0.25) is 10.00 Å². The first-order chi connectivity index (χ1) is 10.8. The predicted octanol–water partition coefficient (Wildman–Crippen LogP) is 2.85. The molecule has 0 radical (unpaired) electrons. The average molecular weight is 318 g/mol. The lowest BCUT2D eigenvalue weighted by atomic mass is 9.96. The lowest BCUT2D eigenvalue weighted by molar-refractivity contribution is -0.00667. The number of hydrogen-bond donors (Lipinski definition) is 2. The van der Waals surface area contributed by atoms with Gasteiger partial charge in [-0.2, -0.15) is 5.10 Å². The number of urea groups is 1. The topological polar surface area (TPSA) is 68.2 Å². The van der Waals surface area contributed by atoms with Gasteiger partial charge in [0.15, 0.2) is 5.82 Å². The van der Waals surface area contributed by atoms with Gasteiger partial charge in [-0.15, -0.1) is 0 Å². The number of ether oxygens (including phenoxy) is 1. The van der Waals surface area contributed by atoms with E-state index >= 15 is 0 Å². The van der Waals surface area contributed by atoms with Crippen LogP contribution < -0.4 is 10.6 Å². The second kappa shape index (κ2) is 4.72. The normalized spacial score (nSPS) is 32.3. The molecule has 1 aromatic rings. The van der Waals surface area contributed by atoms with Crippen LogP contribution in [-0.2, 0) is 4.74 Å². The Kier molecular flexibility index (Phi) is 3.08. The van der Waals surface area contributed by atoms with Crippen LogP contribution in [0, 0.1) is 18.8 Å². The second-order valence-corrected chi connectivity index (χ2v) is 7.97. The fraction of sp³-hybridized carbons (Fsp3) is 0.765. The molecule has 126 valence electrons. The van der Waals surface area contributed by atoms with Crippen LogP contribution >= 0.6 is 0 Å². The molecule has 1 aliphatic heterocycles. The third-order valence-electron chi connectivity index (χ3n) is 6.02. The highest BCUT2D eigenvalue weighted by molar-refractivity contribution is 5.89. The Bertz CT molecular complexity index is 649. The average Bonchev–Trinajstić information content (AvgIpc) is 3.35. The number of anilines is 1. The number of aromatic nitrogens is 2. The molecule has 1 saturated heterocycles. The smallest absolute Gasteiger partial charge is 0.320 e. The summed E-state index contributed by atoms with van der Waals surface area (Å²) in [7, 11) is 0. The molecular weight excluding hydrogens is 292 g/mol. The molecule has 0 bridgehead atoms. The van der Waals surface area contributed by atoms with Gasteiger partial charge in [0.1, 0.15) is 0 Å². The zero-order valence-electron chi connectivity index (χ0n) is 14.3. The van der Waals surface area contributed by atoms with Gasteiger partial charge in [-0.25, -0.2) is 4.79 Å². The van der Waals surface area contributed by atoms with Crippen molar-refractivity contribution < 1.29 is 9.53 Å². The first-order valence-electron chi connectivity index (χ1n) is 8.62. The molecule has 3 atom stereocenters. The molecule has 0 aromatic carbocycles. The van der Waals surface area contributed by atoms with Crippen LogP contribution in [0.3, 0.4) is 0 Å². The molecule has 3 fully saturated rings. The quantitative estimate of drug-likeness (QED) is 0.897. The summed E-state index contributed by atoms with van der Waals surface area (Å²) in [6, 6.07) is 2.16. The summed E-state index contributed by atoms with van der Waals surface area (Å²) in [6.07, 6.45) is 3.56. The lowest BCUT2D eigenvalue weighted by Gasteiger charge is -2.30. The summed E-state index contributed by atoms with van der Waals surface area (Å²) in [6.45, 7) is 9.08. The van der Waals surface area contributed by atoms with Crippen molar-refractivity contribution in [3.63, 3.8) is 0 Å². The van der Waals surface area contributed by atoms with Crippen molar-refractivity contribution in [1.29, 1.82) is 0 Å². The van der Waals surface area contributed by atoms with E-state index in [9.17, 15) is 4.79 Å². The van der Waals surface area contributed by atoms with E-state index in [-0.39, 0.29) is 17.2 Å². The van der Waals surface area contributed by atoms with E-state index in [1.807, 2.05) is 17.7 Å².